The maximum absolute atomic E-state index is 9.91. The molecule has 0 aliphatic carbocycles. The Balaban J connectivity index is 2.55. The lowest BCUT2D eigenvalue weighted by Crippen LogP contribution is -2.19. The van der Waals surface area contributed by atoms with Crippen molar-refractivity contribution in [3.63, 3.8) is 0 Å². The molecule has 0 bridgehead atoms. The fourth-order valence-corrected chi connectivity index (χ4v) is 2.61. The maximum atomic E-state index is 9.91. The van der Waals surface area contributed by atoms with E-state index in [1.54, 1.807) is 11.3 Å². The van der Waals surface area contributed by atoms with Crippen molar-refractivity contribution in [2.75, 3.05) is 0 Å². The van der Waals surface area contributed by atoms with Gasteiger partial charge in [-0.3, -0.25) is 0 Å². The van der Waals surface area contributed by atoms with Crippen LogP contribution in [-0.2, 0) is 6.42 Å². The van der Waals surface area contributed by atoms with E-state index < -0.39 is 0 Å². The van der Waals surface area contributed by atoms with Crippen LogP contribution in [-0.4, -0.2) is 16.2 Å². The predicted molar refractivity (Wildman–Crippen MR) is 65.4 cm³/mol. The van der Waals surface area contributed by atoms with E-state index in [9.17, 15) is 5.11 Å². The molecular weight excluding hydrogens is 206 g/mol. The standard InChI is InChI=1S/C12H21NOS/c1-8-9(2)15-11(13-8)6-10(14)7-12(3,4)5/h10,14H,6-7H2,1-5H3. The summed E-state index contributed by atoms with van der Waals surface area (Å²) in [5, 5.41) is 11.0. The first-order chi connectivity index (χ1) is 6.78. The van der Waals surface area contributed by atoms with E-state index in [0.717, 1.165) is 17.1 Å². The van der Waals surface area contributed by atoms with Crippen LogP contribution in [0.5, 0.6) is 0 Å². The van der Waals surface area contributed by atoms with Crippen molar-refractivity contribution in [3.8, 4) is 0 Å². The number of aliphatic hydroxyl groups excluding tert-OH is 1. The van der Waals surface area contributed by atoms with Crippen LogP contribution in [0.4, 0.5) is 0 Å². The first-order valence-electron chi connectivity index (χ1n) is 5.39. The van der Waals surface area contributed by atoms with E-state index >= 15 is 0 Å². The van der Waals surface area contributed by atoms with Crippen molar-refractivity contribution < 1.29 is 5.11 Å². The lowest BCUT2D eigenvalue weighted by molar-refractivity contribution is 0.121. The smallest absolute Gasteiger partial charge is 0.0956 e. The van der Waals surface area contributed by atoms with Gasteiger partial charge in [-0.25, -0.2) is 4.98 Å². The molecule has 0 aromatic carbocycles. The molecular formula is C12H21NOS. The highest BCUT2D eigenvalue weighted by molar-refractivity contribution is 7.11. The van der Waals surface area contributed by atoms with Gasteiger partial charge in [0.2, 0.25) is 0 Å². The maximum Gasteiger partial charge on any atom is 0.0956 e. The summed E-state index contributed by atoms with van der Waals surface area (Å²) < 4.78 is 0. The van der Waals surface area contributed by atoms with E-state index in [4.69, 9.17) is 0 Å². The van der Waals surface area contributed by atoms with Gasteiger partial charge in [0.1, 0.15) is 0 Å². The molecule has 1 N–H and O–H groups in total. The second kappa shape index (κ2) is 4.62. The molecule has 1 atom stereocenters. The van der Waals surface area contributed by atoms with Crippen LogP contribution in [0.1, 0.15) is 42.8 Å². The summed E-state index contributed by atoms with van der Waals surface area (Å²) in [5.74, 6) is 0. The summed E-state index contributed by atoms with van der Waals surface area (Å²) in [5.41, 5.74) is 1.28. The zero-order valence-electron chi connectivity index (χ0n) is 10.3. The SMILES string of the molecule is Cc1nc(CC(O)CC(C)(C)C)sc1C. The van der Waals surface area contributed by atoms with Crippen molar-refractivity contribution in [2.45, 2.75) is 53.6 Å². The number of hydrogen-bond donors (Lipinski definition) is 1. The predicted octanol–water partition coefficient (Wildman–Crippen LogP) is 3.10. The number of aliphatic hydroxyl groups is 1. The number of aryl methyl sites for hydroxylation is 2. The van der Waals surface area contributed by atoms with Gasteiger partial charge in [-0.15, -0.1) is 11.3 Å². The van der Waals surface area contributed by atoms with Gasteiger partial charge in [0, 0.05) is 11.3 Å². The monoisotopic (exact) mass is 227 g/mol. The molecule has 1 aromatic heterocycles. The van der Waals surface area contributed by atoms with Gasteiger partial charge in [0.15, 0.2) is 0 Å². The van der Waals surface area contributed by atoms with Gasteiger partial charge in [0.25, 0.3) is 0 Å². The Hall–Kier alpha value is -0.410. The highest BCUT2D eigenvalue weighted by Gasteiger charge is 2.18. The molecule has 0 aliphatic heterocycles. The lowest BCUT2D eigenvalue weighted by Gasteiger charge is -2.21. The summed E-state index contributed by atoms with van der Waals surface area (Å²) in [4.78, 5) is 5.70. The third kappa shape index (κ3) is 4.31. The first kappa shape index (κ1) is 12.7. The molecule has 1 aromatic rings. The Bertz CT molecular complexity index is 305. The minimum absolute atomic E-state index is 0.181. The zero-order chi connectivity index (χ0) is 11.6. The summed E-state index contributed by atoms with van der Waals surface area (Å²) in [6, 6.07) is 0. The Kier molecular flexibility index (Phi) is 3.90. The van der Waals surface area contributed by atoms with Gasteiger partial charge < -0.3 is 5.11 Å². The molecule has 1 heterocycles. The second-order valence-corrected chi connectivity index (χ2v) is 6.66. The summed E-state index contributed by atoms with van der Waals surface area (Å²) in [6.07, 6.45) is 1.25. The molecule has 0 fully saturated rings. The fourth-order valence-electron chi connectivity index (χ4n) is 1.61. The Morgan fingerprint density at radius 1 is 1.33 bits per heavy atom. The number of aromatic nitrogens is 1. The van der Waals surface area contributed by atoms with E-state index in [1.165, 1.54) is 4.88 Å². The Morgan fingerprint density at radius 3 is 2.33 bits per heavy atom. The normalized spacial score (nSPS) is 14.3. The van der Waals surface area contributed by atoms with Crippen molar-refractivity contribution in [1.29, 1.82) is 0 Å². The van der Waals surface area contributed by atoms with Gasteiger partial charge in [0.05, 0.1) is 16.8 Å². The molecule has 3 heteroatoms. The van der Waals surface area contributed by atoms with Crippen LogP contribution >= 0.6 is 11.3 Å². The van der Waals surface area contributed by atoms with Crippen molar-refractivity contribution in [1.82, 2.24) is 4.98 Å². The quantitative estimate of drug-likeness (QED) is 0.860. The molecule has 15 heavy (non-hydrogen) atoms. The molecule has 0 amide bonds. The number of hydrogen-bond acceptors (Lipinski definition) is 3. The number of nitrogens with zero attached hydrogens (tertiary/aromatic N) is 1. The van der Waals surface area contributed by atoms with Gasteiger partial charge in [-0.05, 0) is 25.7 Å². The Morgan fingerprint density at radius 2 is 1.93 bits per heavy atom. The van der Waals surface area contributed by atoms with E-state index in [-0.39, 0.29) is 11.5 Å². The van der Waals surface area contributed by atoms with E-state index in [0.29, 0.717) is 6.42 Å². The van der Waals surface area contributed by atoms with Gasteiger partial charge >= 0.3 is 0 Å². The fraction of sp³-hybridized carbons (Fsp3) is 0.750. The molecule has 0 aliphatic rings. The summed E-state index contributed by atoms with van der Waals surface area (Å²) in [7, 11) is 0. The third-order valence-electron chi connectivity index (χ3n) is 2.33. The number of rotatable bonds is 3. The minimum Gasteiger partial charge on any atom is -0.393 e. The molecule has 0 spiro atoms. The number of thiazole rings is 1. The second-order valence-electron chi connectivity index (χ2n) is 5.37. The van der Waals surface area contributed by atoms with Gasteiger partial charge in [-0.1, -0.05) is 20.8 Å². The molecule has 86 valence electrons. The average Bonchev–Trinajstić information content (AvgIpc) is 2.26. The van der Waals surface area contributed by atoms with Crippen LogP contribution in [0.25, 0.3) is 0 Å². The third-order valence-corrected chi connectivity index (χ3v) is 3.43. The Labute approximate surface area is 96.4 Å². The first-order valence-corrected chi connectivity index (χ1v) is 6.20. The van der Waals surface area contributed by atoms with Crippen molar-refractivity contribution in [2.24, 2.45) is 5.41 Å². The summed E-state index contributed by atoms with van der Waals surface area (Å²) in [6.45, 7) is 10.5. The molecule has 0 saturated heterocycles. The van der Waals surface area contributed by atoms with Crippen LogP contribution in [0.2, 0.25) is 0 Å². The molecule has 2 nitrogen and oxygen atoms in total. The summed E-state index contributed by atoms with van der Waals surface area (Å²) >= 11 is 1.70. The van der Waals surface area contributed by atoms with Gasteiger partial charge in [-0.2, -0.15) is 0 Å². The topological polar surface area (TPSA) is 33.1 Å². The van der Waals surface area contributed by atoms with Crippen LogP contribution in [0, 0.1) is 19.3 Å². The lowest BCUT2D eigenvalue weighted by atomic mass is 9.88. The van der Waals surface area contributed by atoms with E-state index in [1.807, 2.05) is 6.92 Å². The van der Waals surface area contributed by atoms with Crippen LogP contribution in [0.3, 0.4) is 0 Å². The minimum atomic E-state index is -0.269. The average molecular weight is 227 g/mol. The highest BCUT2D eigenvalue weighted by Crippen LogP contribution is 2.24. The van der Waals surface area contributed by atoms with Crippen molar-refractivity contribution in [3.05, 3.63) is 15.6 Å². The van der Waals surface area contributed by atoms with Crippen molar-refractivity contribution >= 4 is 11.3 Å². The van der Waals surface area contributed by atoms with Crippen LogP contribution in [0.15, 0.2) is 0 Å². The molecule has 0 radical (unpaired) electrons. The molecule has 0 saturated carbocycles. The largest absolute Gasteiger partial charge is 0.393 e. The van der Waals surface area contributed by atoms with Crippen LogP contribution < -0.4 is 0 Å². The zero-order valence-corrected chi connectivity index (χ0v) is 11.1. The highest BCUT2D eigenvalue weighted by atomic mass is 32.1. The molecule has 1 rings (SSSR count). The van der Waals surface area contributed by atoms with E-state index in [2.05, 4.69) is 32.7 Å². The molecule has 1 unspecified atom stereocenters.